The lowest BCUT2D eigenvalue weighted by Gasteiger charge is -2.26. The molecule has 0 amide bonds. The van der Waals surface area contributed by atoms with E-state index in [-0.39, 0.29) is 16.5 Å². The molecule has 1 rings (SSSR count). The number of aliphatic hydroxyl groups is 1. The summed E-state index contributed by atoms with van der Waals surface area (Å²) in [7, 11) is -3.84. The topological polar surface area (TPSA) is 66.4 Å². The lowest BCUT2D eigenvalue weighted by molar-refractivity contribution is 0.191. The van der Waals surface area contributed by atoms with Crippen LogP contribution in [-0.2, 0) is 10.0 Å². The van der Waals surface area contributed by atoms with E-state index >= 15 is 0 Å². The fraction of sp³-hybridized carbons (Fsp3) is 0.455. The van der Waals surface area contributed by atoms with Crippen molar-refractivity contribution < 1.29 is 17.9 Å². The van der Waals surface area contributed by atoms with Crippen molar-refractivity contribution in [2.45, 2.75) is 30.7 Å². The first-order chi connectivity index (χ1) is 8.24. The van der Waals surface area contributed by atoms with Gasteiger partial charge in [-0.2, -0.15) is 0 Å². The molecule has 7 heteroatoms. The Labute approximate surface area is 111 Å². The largest absolute Gasteiger partial charge is 0.394 e. The van der Waals surface area contributed by atoms with Crippen molar-refractivity contribution in [1.82, 2.24) is 4.72 Å². The molecule has 0 fully saturated rings. The fourth-order valence-electron chi connectivity index (χ4n) is 1.24. The number of sulfonamides is 1. The zero-order valence-corrected chi connectivity index (χ0v) is 11.6. The summed E-state index contributed by atoms with van der Waals surface area (Å²) in [6.07, 6.45) is 0.414. The van der Waals surface area contributed by atoms with Crippen molar-refractivity contribution in [3.05, 3.63) is 29.0 Å². The van der Waals surface area contributed by atoms with Gasteiger partial charge in [-0.25, -0.2) is 17.5 Å². The van der Waals surface area contributed by atoms with Crippen molar-refractivity contribution in [2.75, 3.05) is 6.61 Å². The summed E-state index contributed by atoms with van der Waals surface area (Å²) in [6, 6.07) is 3.14. The van der Waals surface area contributed by atoms with Crippen LogP contribution in [0.15, 0.2) is 23.1 Å². The maximum atomic E-state index is 13.0. The number of halogens is 2. The normalized spacial score (nSPS) is 15.4. The Morgan fingerprint density at radius 1 is 1.50 bits per heavy atom. The highest BCUT2D eigenvalue weighted by molar-refractivity contribution is 7.89. The van der Waals surface area contributed by atoms with E-state index in [1.807, 2.05) is 0 Å². The second-order valence-electron chi connectivity index (χ2n) is 4.25. The molecule has 2 N–H and O–H groups in total. The summed E-state index contributed by atoms with van der Waals surface area (Å²) in [5, 5.41) is 8.92. The van der Waals surface area contributed by atoms with Gasteiger partial charge in [0.25, 0.3) is 0 Å². The van der Waals surface area contributed by atoms with Crippen molar-refractivity contribution in [3.63, 3.8) is 0 Å². The third-order valence-corrected chi connectivity index (χ3v) is 4.64. The third-order valence-electron chi connectivity index (χ3n) is 2.71. The zero-order valence-electron chi connectivity index (χ0n) is 10.1. The highest BCUT2D eigenvalue weighted by Crippen LogP contribution is 2.21. The quantitative estimate of drug-likeness (QED) is 0.872. The number of nitrogens with one attached hydrogen (secondary N) is 1. The molecule has 0 radical (unpaired) electrons. The van der Waals surface area contributed by atoms with Crippen molar-refractivity contribution >= 4 is 21.6 Å². The maximum absolute atomic E-state index is 13.0. The predicted molar refractivity (Wildman–Crippen MR) is 67.5 cm³/mol. The number of rotatable bonds is 5. The number of hydrogen-bond donors (Lipinski definition) is 2. The highest BCUT2D eigenvalue weighted by Gasteiger charge is 2.28. The van der Waals surface area contributed by atoms with Crippen molar-refractivity contribution in [3.8, 4) is 0 Å². The molecule has 0 saturated carbocycles. The van der Waals surface area contributed by atoms with Crippen LogP contribution in [0.4, 0.5) is 4.39 Å². The van der Waals surface area contributed by atoms with Gasteiger partial charge in [0.05, 0.1) is 22.1 Å². The molecular formula is C11H15ClFNO3S. The molecule has 102 valence electrons. The molecule has 0 saturated heterocycles. The first-order valence-corrected chi connectivity index (χ1v) is 7.20. The van der Waals surface area contributed by atoms with E-state index in [2.05, 4.69) is 4.72 Å². The van der Waals surface area contributed by atoms with Gasteiger partial charge in [-0.15, -0.1) is 0 Å². The molecule has 1 atom stereocenters. The van der Waals surface area contributed by atoms with Crippen LogP contribution in [0.5, 0.6) is 0 Å². The van der Waals surface area contributed by atoms with E-state index in [0.29, 0.717) is 6.42 Å². The first kappa shape index (κ1) is 15.4. The second-order valence-corrected chi connectivity index (χ2v) is 6.34. The minimum absolute atomic E-state index is 0.137. The fourth-order valence-corrected chi connectivity index (χ4v) is 2.98. The third kappa shape index (κ3) is 3.41. The summed E-state index contributed by atoms with van der Waals surface area (Å²) < 4.78 is 39.4. The minimum Gasteiger partial charge on any atom is -0.394 e. The molecule has 0 aliphatic rings. The van der Waals surface area contributed by atoms with Gasteiger partial charge in [0.2, 0.25) is 10.0 Å². The van der Waals surface area contributed by atoms with E-state index < -0.39 is 21.4 Å². The first-order valence-electron chi connectivity index (χ1n) is 5.34. The van der Waals surface area contributed by atoms with Gasteiger partial charge >= 0.3 is 0 Å². The predicted octanol–water partition coefficient (Wildman–Crippen LogP) is 1.92. The summed E-state index contributed by atoms with van der Waals surface area (Å²) in [6.45, 7) is 2.99. The SMILES string of the molecule is CCC(C)(CO)NS(=O)(=O)c1ccc(F)c(Cl)c1. The molecule has 0 heterocycles. The molecule has 1 unspecified atom stereocenters. The van der Waals surface area contributed by atoms with E-state index in [1.165, 1.54) is 0 Å². The minimum atomic E-state index is -3.84. The Bertz CT molecular complexity index is 529. The molecule has 1 aromatic rings. The molecule has 0 aliphatic carbocycles. The molecule has 1 aromatic carbocycles. The highest BCUT2D eigenvalue weighted by atomic mass is 35.5. The number of benzene rings is 1. The molecule has 0 aromatic heterocycles. The Morgan fingerprint density at radius 2 is 2.11 bits per heavy atom. The Hall–Kier alpha value is -0.690. The molecule has 0 bridgehead atoms. The Kier molecular flexibility index (Phi) is 4.72. The smallest absolute Gasteiger partial charge is 0.241 e. The van der Waals surface area contributed by atoms with Crippen LogP contribution < -0.4 is 4.72 Å². The Morgan fingerprint density at radius 3 is 2.56 bits per heavy atom. The number of hydrogen-bond acceptors (Lipinski definition) is 3. The van der Waals surface area contributed by atoms with Crippen LogP contribution in [0.2, 0.25) is 5.02 Å². The maximum Gasteiger partial charge on any atom is 0.241 e. The van der Waals surface area contributed by atoms with E-state index in [1.54, 1.807) is 13.8 Å². The van der Waals surface area contributed by atoms with Crippen LogP contribution in [0.1, 0.15) is 20.3 Å². The van der Waals surface area contributed by atoms with Crippen LogP contribution >= 0.6 is 11.6 Å². The number of aliphatic hydroxyl groups excluding tert-OH is 1. The van der Waals surface area contributed by atoms with Gasteiger partial charge in [-0.1, -0.05) is 18.5 Å². The molecule has 4 nitrogen and oxygen atoms in total. The average Bonchev–Trinajstić information content (AvgIpc) is 2.32. The molecular weight excluding hydrogens is 281 g/mol. The van der Waals surface area contributed by atoms with E-state index in [4.69, 9.17) is 11.6 Å². The lowest BCUT2D eigenvalue weighted by atomic mass is 10.0. The van der Waals surface area contributed by atoms with Crippen LogP contribution in [0.3, 0.4) is 0 Å². The van der Waals surface area contributed by atoms with Gasteiger partial charge in [-0.05, 0) is 31.5 Å². The summed E-state index contributed by atoms with van der Waals surface area (Å²) >= 11 is 5.54. The van der Waals surface area contributed by atoms with Gasteiger partial charge in [0.1, 0.15) is 5.82 Å². The van der Waals surface area contributed by atoms with E-state index in [9.17, 15) is 17.9 Å². The monoisotopic (exact) mass is 295 g/mol. The van der Waals surface area contributed by atoms with Gasteiger partial charge < -0.3 is 5.11 Å². The van der Waals surface area contributed by atoms with Crippen LogP contribution in [0, 0.1) is 5.82 Å². The van der Waals surface area contributed by atoms with Gasteiger partial charge in [0, 0.05) is 0 Å². The summed E-state index contributed by atoms with van der Waals surface area (Å²) in [5.41, 5.74) is -0.959. The zero-order chi connectivity index (χ0) is 14.0. The van der Waals surface area contributed by atoms with E-state index in [0.717, 1.165) is 18.2 Å². The molecule has 18 heavy (non-hydrogen) atoms. The van der Waals surface area contributed by atoms with Crippen molar-refractivity contribution in [2.24, 2.45) is 0 Å². The van der Waals surface area contributed by atoms with Crippen LogP contribution in [-0.4, -0.2) is 25.7 Å². The summed E-state index contributed by atoms with van der Waals surface area (Å²) in [4.78, 5) is -0.137. The standard InChI is InChI=1S/C11H15ClFNO3S/c1-3-11(2,7-15)14-18(16,17)8-4-5-10(13)9(12)6-8/h4-6,14-15H,3,7H2,1-2H3. The van der Waals surface area contributed by atoms with Crippen LogP contribution in [0.25, 0.3) is 0 Å². The summed E-state index contributed by atoms with van der Waals surface area (Å²) in [5.74, 6) is -0.684. The lowest BCUT2D eigenvalue weighted by Crippen LogP contribution is -2.48. The second kappa shape index (κ2) is 5.52. The molecule has 0 aliphatic heterocycles. The van der Waals surface area contributed by atoms with Gasteiger partial charge in [0.15, 0.2) is 0 Å². The molecule has 0 spiro atoms. The van der Waals surface area contributed by atoms with Gasteiger partial charge in [-0.3, -0.25) is 0 Å². The van der Waals surface area contributed by atoms with Crippen molar-refractivity contribution in [1.29, 1.82) is 0 Å². The average molecular weight is 296 g/mol. The Balaban J connectivity index is 3.10.